The Morgan fingerprint density at radius 1 is 0.733 bits per heavy atom. The maximum Gasteiger partial charge on any atom is 0.322 e. The molecule has 0 aromatic heterocycles. The maximum atomic E-state index is 12.4. The number of carboxylic acid groups (broad SMARTS) is 3. The number of carboxylic acids is 3. The number of nitrogens with one attached hydrogen (secondary N) is 3. The van der Waals surface area contributed by atoms with Gasteiger partial charge in [-0.3, -0.25) is 33.6 Å². The minimum absolute atomic E-state index is 0.358. The lowest BCUT2D eigenvalue weighted by Crippen LogP contribution is -2.56. The lowest BCUT2D eigenvalue weighted by Gasteiger charge is -2.23. The lowest BCUT2D eigenvalue weighted by molar-refractivity contribution is -0.141. The van der Waals surface area contributed by atoms with E-state index in [1.54, 1.807) is 0 Å². The standard InChI is InChI=1S/C15H23N5O10/c16-6(3-10(22)23)13(28)19-7(1-2-9(17)21)15(30)20-8(4-11(24)25)14(29)18-5-12(26)27/h6-8H,1-5,16H2,(H2,17,21)(H,18,29)(H,19,28)(H,20,30)(H,22,23)(H,24,25)(H,26,27). The molecule has 3 atom stereocenters. The van der Waals surface area contributed by atoms with Crippen molar-refractivity contribution in [1.82, 2.24) is 16.0 Å². The molecule has 0 radical (unpaired) electrons. The quantitative estimate of drug-likeness (QED) is 0.130. The number of amides is 4. The van der Waals surface area contributed by atoms with Crippen LogP contribution in [0.2, 0.25) is 0 Å². The molecule has 0 aliphatic rings. The third-order valence-electron chi connectivity index (χ3n) is 3.47. The van der Waals surface area contributed by atoms with Crippen molar-refractivity contribution in [2.45, 2.75) is 43.8 Å². The minimum atomic E-state index is -1.70. The zero-order chi connectivity index (χ0) is 23.4. The van der Waals surface area contributed by atoms with Crippen LogP contribution >= 0.6 is 0 Å². The summed E-state index contributed by atoms with van der Waals surface area (Å²) in [4.78, 5) is 79.5. The summed E-state index contributed by atoms with van der Waals surface area (Å²) in [6.07, 6.45) is -2.41. The second kappa shape index (κ2) is 12.7. The van der Waals surface area contributed by atoms with Crippen molar-refractivity contribution in [3.8, 4) is 0 Å². The van der Waals surface area contributed by atoms with Gasteiger partial charge in [-0.25, -0.2) is 0 Å². The molecule has 0 aromatic rings. The van der Waals surface area contributed by atoms with Gasteiger partial charge in [0, 0.05) is 6.42 Å². The first kappa shape index (κ1) is 26.2. The molecule has 0 fully saturated rings. The summed E-state index contributed by atoms with van der Waals surface area (Å²) in [7, 11) is 0. The van der Waals surface area contributed by atoms with Crippen molar-refractivity contribution >= 4 is 41.5 Å². The summed E-state index contributed by atoms with van der Waals surface area (Å²) in [5.74, 6) is -8.38. The van der Waals surface area contributed by atoms with Gasteiger partial charge in [-0.1, -0.05) is 0 Å². The van der Waals surface area contributed by atoms with Gasteiger partial charge in [-0.2, -0.15) is 0 Å². The van der Waals surface area contributed by atoms with Gasteiger partial charge in [0.25, 0.3) is 0 Å². The van der Waals surface area contributed by atoms with E-state index < -0.39 is 79.0 Å². The SMILES string of the molecule is NC(=O)CCC(NC(=O)C(N)CC(=O)O)C(=O)NC(CC(=O)O)C(=O)NCC(=O)O. The van der Waals surface area contributed by atoms with Crippen LogP contribution in [0.15, 0.2) is 0 Å². The average molecular weight is 433 g/mol. The van der Waals surface area contributed by atoms with E-state index in [0.717, 1.165) is 0 Å². The predicted molar refractivity (Wildman–Crippen MR) is 95.4 cm³/mol. The van der Waals surface area contributed by atoms with Crippen molar-refractivity contribution in [3.63, 3.8) is 0 Å². The first-order valence-electron chi connectivity index (χ1n) is 8.41. The highest BCUT2D eigenvalue weighted by Crippen LogP contribution is 2.02. The van der Waals surface area contributed by atoms with Crippen molar-refractivity contribution in [3.05, 3.63) is 0 Å². The van der Waals surface area contributed by atoms with Gasteiger partial charge in [0.1, 0.15) is 18.6 Å². The summed E-state index contributed by atoms with van der Waals surface area (Å²) >= 11 is 0. The van der Waals surface area contributed by atoms with E-state index in [1.807, 2.05) is 10.6 Å². The molecule has 30 heavy (non-hydrogen) atoms. The van der Waals surface area contributed by atoms with E-state index in [1.165, 1.54) is 0 Å². The largest absolute Gasteiger partial charge is 0.481 e. The fourth-order valence-corrected chi connectivity index (χ4v) is 2.06. The van der Waals surface area contributed by atoms with Gasteiger partial charge >= 0.3 is 17.9 Å². The molecule has 0 spiro atoms. The first-order chi connectivity index (χ1) is 13.8. The Labute approximate surface area is 169 Å². The number of aliphatic carboxylic acids is 3. The van der Waals surface area contributed by atoms with Crippen LogP contribution in [0.3, 0.4) is 0 Å². The van der Waals surface area contributed by atoms with Crippen LogP contribution in [0.25, 0.3) is 0 Å². The molecule has 0 rings (SSSR count). The molecule has 168 valence electrons. The van der Waals surface area contributed by atoms with Crippen LogP contribution in [0.5, 0.6) is 0 Å². The molecular formula is C15H23N5O10. The smallest absolute Gasteiger partial charge is 0.322 e. The molecule has 0 aromatic carbocycles. The molecule has 0 saturated heterocycles. The predicted octanol–water partition coefficient (Wildman–Crippen LogP) is -4.30. The first-order valence-corrected chi connectivity index (χ1v) is 8.41. The number of rotatable bonds is 14. The monoisotopic (exact) mass is 433 g/mol. The Morgan fingerprint density at radius 3 is 1.73 bits per heavy atom. The van der Waals surface area contributed by atoms with Gasteiger partial charge in [-0.15, -0.1) is 0 Å². The van der Waals surface area contributed by atoms with Crippen molar-refractivity contribution in [2.75, 3.05) is 6.54 Å². The van der Waals surface area contributed by atoms with Gasteiger partial charge in [0.2, 0.25) is 23.6 Å². The van der Waals surface area contributed by atoms with Crippen LogP contribution in [-0.4, -0.2) is 81.5 Å². The van der Waals surface area contributed by atoms with Crippen LogP contribution in [0, 0.1) is 0 Å². The number of carbonyl (C=O) groups excluding carboxylic acids is 4. The Hall–Kier alpha value is -3.75. The number of hydrogen-bond acceptors (Lipinski definition) is 8. The third kappa shape index (κ3) is 11.2. The number of nitrogens with two attached hydrogens (primary N) is 2. The van der Waals surface area contributed by atoms with E-state index in [4.69, 9.17) is 26.8 Å². The molecule has 4 amide bonds. The molecule has 3 unspecified atom stereocenters. The van der Waals surface area contributed by atoms with E-state index in [-0.39, 0.29) is 12.8 Å². The van der Waals surface area contributed by atoms with Crippen LogP contribution in [0.1, 0.15) is 25.7 Å². The van der Waals surface area contributed by atoms with E-state index in [2.05, 4.69) is 5.32 Å². The van der Waals surface area contributed by atoms with E-state index >= 15 is 0 Å². The highest BCUT2D eigenvalue weighted by atomic mass is 16.4. The van der Waals surface area contributed by atoms with Gasteiger partial charge in [-0.05, 0) is 6.42 Å². The fourth-order valence-electron chi connectivity index (χ4n) is 2.06. The Kier molecular flexibility index (Phi) is 11.1. The number of carbonyl (C=O) groups is 7. The second-order valence-electron chi connectivity index (χ2n) is 6.04. The van der Waals surface area contributed by atoms with Gasteiger partial charge in [0.05, 0.1) is 18.9 Å². The van der Waals surface area contributed by atoms with Gasteiger partial charge < -0.3 is 42.7 Å². The maximum absolute atomic E-state index is 12.4. The normalized spacial score (nSPS) is 13.2. The summed E-state index contributed by atoms with van der Waals surface area (Å²) in [6, 6.07) is -4.73. The number of hydrogen-bond donors (Lipinski definition) is 8. The highest BCUT2D eigenvalue weighted by Gasteiger charge is 2.30. The molecular weight excluding hydrogens is 410 g/mol. The molecule has 15 nitrogen and oxygen atoms in total. The number of primary amides is 1. The van der Waals surface area contributed by atoms with Gasteiger partial charge in [0.15, 0.2) is 0 Å². The zero-order valence-electron chi connectivity index (χ0n) is 15.6. The summed E-state index contributed by atoms with van der Waals surface area (Å²) < 4.78 is 0. The van der Waals surface area contributed by atoms with Crippen LogP contribution < -0.4 is 27.4 Å². The van der Waals surface area contributed by atoms with E-state index in [0.29, 0.717) is 0 Å². The third-order valence-corrected chi connectivity index (χ3v) is 3.47. The average Bonchev–Trinajstić information content (AvgIpc) is 2.60. The van der Waals surface area contributed by atoms with E-state index in [9.17, 15) is 33.6 Å². The molecule has 0 saturated carbocycles. The van der Waals surface area contributed by atoms with Crippen molar-refractivity contribution < 1.29 is 48.9 Å². The fraction of sp³-hybridized carbons (Fsp3) is 0.533. The molecule has 0 heterocycles. The van der Waals surface area contributed by atoms with Crippen molar-refractivity contribution in [2.24, 2.45) is 11.5 Å². The Bertz CT molecular complexity index is 710. The molecule has 0 bridgehead atoms. The molecule has 15 heteroatoms. The Balaban J connectivity index is 5.34. The lowest BCUT2D eigenvalue weighted by atomic mass is 10.1. The second-order valence-corrected chi connectivity index (χ2v) is 6.04. The van der Waals surface area contributed by atoms with Crippen LogP contribution in [0.4, 0.5) is 0 Å². The molecule has 0 aliphatic carbocycles. The zero-order valence-corrected chi connectivity index (χ0v) is 15.6. The highest BCUT2D eigenvalue weighted by molar-refractivity contribution is 5.95. The minimum Gasteiger partial charge on any atom is -0.481 e. The van der Waals surface area contributed by atoms with Crippen molar-refractivity contribution in [1.29, 1.82) is 0 Å². The summed E-state index contributed by atoms with van der Waals surface area (Å²) in [6.45, 7) is -0.837. The molecule has 10 N–H and O–H groups in total. The molecule has 0 aliphatic heterocycles. The topological polar surface area (TPSA) is 268 Å². The van der Waals surface area contributed by atoms with Crippen LogP contribution in [-0.2, 0) is 33.6 Å². The Morgan fingerprint density at radius 2 is 1.27 bits per heavy atom. The summed E-state index contributed by atoms with van der Waals surface area (Å²) in [5.41, 5.74) is 10.4. The summed E-state index contributed by atoms with van der Waals surface area (Å²) in [5, 5.41) is 32.2.